The zero-order valence-corrected chi connectivity index (χ0v) is 21.3. The Morgan fingerprint density at radius 1 is 0.784 bits per heavy atom. The van der Waals surface area contributed by atoms with Crippen LogP contribution in [-0.2, 0) is 38.5 Å². The molecule has 1 fully saturated rings. The van der Waals surface area contributed by atoms with Gasteiger partial charge in [0.05, 0.1) is 12.5 Å². The number of rotatable bonds is 12. The molecule has 3 rings (SSSR count). The van der Waals surface area contributed by atoms with E-state index < -0.39 is 60.1 Å². The van der Waals surface area contributed by atoms with E-state index in [4.69, 9.17) is 14.5 Å². The lowest BCUT2D eigenvalue weighted by molar-refractivity contribution is -0.225. The molecule has 0 aromatic carbocycles. The van der Waals surface area contributed by atoms with E-state index in [0.29, 0.717) is 24.1 Å². The molecule has 0 bridgehead atoms. The van der Waals surface area contributed by atoms with E-state index in [1.165, 1.54) is 18.9 Å². The molecule has 37 heavy (non-hydrogen) atoms. The highest BCUT2D eigenvalue weighted by Crippen LogP contribution is 2.49. The molecule has 6 atom stereocenters. The molecule has 2 aromatic heterocycles. The van der Waals surface area contributed by atoms with Crippen LogP contribution in [0, 0.1) is 0 Å². The van der Waals surface area contributed by atoms with Gasteiger partial charge in [-0.3, -0.25) is 13.6 Å². The van der Waals surface area contributed by atoms with E-state index in [-0.39, 0.29) is 13.0 Å². The van der Waals surface area contributed by atoms with E-state index in [1.54, 1.807) is 4.57 Å². The molecule has 0 radical (unpaired) electrons. The minimum Gasteiger partial charge on any atom is -0.387 e. The number of nitrogens with zero attached hydrogens (tertiary/aromatic N) is 4. The van der Waals surface area contributed by atoms with Crippen LogP contribution in [0.4, 0.5) is 0 Å². The van der Waals surface area contributed by atoms with Crippen LogP contribution in [-0.4, -0.2) is 102 Å². The van der Waals surface area contributed by atoms with Gasteiger partial charge in [0.2, 0.25) is 0 Å². The van der Waals surface area contributed by atoms with Crippen LogP contribution in [0.2, 0.25) is 0 Å². The van der Waals surface area contributed by atoms with Gasteiger partial charge in [0.15, 0.2) is 5.65 Å². The van der Waals surface area contributed by atoms with Gasteiger partial charge in [0.1, 0.15) is 48.5 Å². The summed E-state index contributed by atoms with van der Waals surface area (Å²) in [6.45, 7) is 0.195. The summed E-state index contributed by atoms with van der Waals surface area (Å²) in [6, 6.07) is 0. The first kappa shape index (κ1) is 30.3. The molecule has 0 spiro atoms. The molecular weight excluding hydrogens is 569 g/mol. The standard InChI is InChI=1S/C15H25N4O15P3/c20-9-11(31-4-2-1-3-19-7-18-8-5-16-6-17-15(8)19)12(32-35(22,23)24)10(21)14(34-37(28,29)30)13(9)33-36(25,26)27/h5-7,9-14,20-21H,1-4H2,(H2,22,23,24)(H2,25,26,27)(H2,28,29,30)/t9-,10+,11-,12-,13+,14-/m1/s1. The smallest absolute Gasteiger partial charge is 0.387 e. The molecule has 8 N–H and O–H groups in total. The SMILES string of the molecule is O=P(O)(O)O[C@@H]1[C@H](O)[C@@H](OP(=O)(O)O)[C@@H](OP(=O)(O)O)[C@H](O)[C@H]1OCCCCn1cnc2cncnc21. The largest absolute Gasteiger partial charge is 0.470 e. The van der Waals surface area contributed by atoms with Crippen molar-refractivity contribution in [3.63, 3.8) is 0 Å². The summed E-state index contributed by atoms with van der Waals surface area (Å²) in [5.74, 6) is 0. The summed E-state index contributed by atoms with van der Waals surface area (Å²) in [6.07, 6.45) is -8.24. The lowest BCUT2D eigenvalue weighted by atomic mass is 9.85. The summed E-state index contributed by atoms with van der Waals surface area (Å²) in [5, 5.41) is 21.2. The molecule has 0 saturated heterocycles. The second-order valence-electron chi connectivity index (χ2n) is 7.88. The minimum atomic E-state index is -5.48. The Hall–Kier alpha value is -1.24. The molecule has 2 heterocycles. The molecule has 19 nitrogen and oxygen atoms in total. The Morgan fingerprint density at radius 3 is 1.84 bits per heavy atom. The molecule has 2 aromatic rings. The Morgan fingerprint density at radius 2 is 1.30 bits per heavy atom. The summed E-state index contributed by atoms with van der Waals surface area (Å²) < 4.78 is 54.6. The summed E-state index contributed by atoms with van der Waals surface area (Å²) in [4.78, 5) is 67.2. The highest BCUT2D eigenvalue weighted by Gasteiger charge is 2.57. The predicted octanol–water partition coefficient (Wildman–Crippen LogP) is -1.84. The fourth-order valence-electron chi connectivity index (χ4n) is 3.77. The molecule has 1 aliphatic carbocycles. The Balaban J connectivity index is 1.74. The fourth-order valence-corrected chi connectivity index (χ4v) is 5.45. The quantitative estimate of drug-likeness (QED) is 0.0989. The van der Waals surface area contributed by atoms with E-state index in [1.807, 2.05) is 0 Å². The number of aliphatic hydroxyl groups excluding tert-OH is 2. The van der Waals surface area contributed by atoms with Gasteiger partial charge >= 0.3 is 23.5 Å². The van der Waals surface area contributed by atoms with Crippen molar-refractivity contribution in [2.75, 3.05) is 6.61 Å². The van der Waals surface area contributed by atoms with Gasteiger partial charge in [-0.15, -0.1) is 0 Å². The molecule has 0 aliphatic heterocycles. The molecule has 0 unspecified atom stereocenters. The average Bonchev–Trinajstić information content (AvgIpc) is 3.17. The van der Waals surface area contributed by atoms with Crippen molar-refractivity contribution >= 4 is 34.6 Å². The predicted molar refractivity (Wildman–Crippen MR) is 117 cm³/mol. The van der Waals surface area contributed by atoms with Crippen molar-refractivity contribution in [2.45, 2.75) is 56.0 Å². The lowest BCUT2D eigenvalue weighted by Crippen LogP contribution is -2.65. The highest BCUT2D eigenvalue weighted by atomic mass is 31.2. The Labute approximate surface area is 207 Å². The van der Waals surface area contributed by atoms with Crippen LogP contribution in [0.15, 0.2) is 18.9 Å². The number of aliphatic hydroxyl groups is 2. The van der Waals surface area contributed by atoms with Crippen molar-refractivity contribution in [3.05, 3.63) is 18.9 Å². The fraction of sp³-hybridized carbons (Fsp3) is 0.667. The van der Waals surface area contributed by atoms with Gasteiger partial charge in [0.25, 0.3) is 0 Å². The number of phosphoric ester groups is 3. The van der Waals surface area contributed by atoms with Crippen LogP contribution in [0.25, 0.3) is 11.2 Å². The van der Waals surface area contributed by atoms with Crippen LogP contribution >= 0.6 is 23.5 Å². The Kier molecular flexibility index (Phi) is 9.73. The number of hydrogen-bond donors (Lipinski definition) is 8. The molecule has 1 aliphatic rings. The first-order chi connectivity index (χ1) is 17.1. The zero-order valence-electron chi connectivity index (χ0n) is 18.6. The number of fused-ring (bicyclic) bond motifs is 1. The monoisotopic (exact) mass is 594 g/mol. The molecule has 210 valence electrons. The van der Waals surface area contributed by atoms with Gasteiger partial charge < -0.3 is 48.9 Å². The lowest BCUT2D eigenvalue weighted by Gasteiger charge is -2.46. The first-order valence-corrected chi connectivity index (χ1v) is 15.0. The topological polar surface area (TPSA) is 294 Å². The maximum absolute atomic E-state index is 11.5. The maximum atomic E-state index is 11.5. The third-order valence-electron chi connectivity index (χ3n) is 5.16. The highest BCUT2D eigenvalue weighted by molar-refractivity contribution is 7.46. The maximum Gasteiger partial charge on any atom is 0.470 e. The number of hydrogen-bond acceptors (Lipinski definition) is 12. The third-order valence-corrected chi connectivity index (χ3v) is 6.71. The number of ether oxygens (including phenoxy) is 1. The molecule has 22 heteroatoms. The van der Waals surface area contributed by atoms with Crippen LogP contribution < -0.4 is 0 Å². The van der Waals surface area contributed by atoms with Gasteiger partial charge in [0, 0.05) is 13.2 Å². The van der Waals surface area contributed by atoms with Gasteiger partial charge in [-0.05, 0) is 12.8 Å². The van der Waals surface area contributed by atoms with Crippen molar-refractivity contribution in [1.29, 1.82) is 0 Å². The number of phosphoric acid groups is 3. The van der Waals surface area contributed by atoms with Crippen molar-refractivity contribution in [3.8, 4) is 0 Å². The second-order valence-corrected chi connectivity index (χ2v) is 11.5. The van der Waals surface area contributed by atoms with Crippen LogP contribution in [0.5, 0.6) is 0 Å². The average molecular weight is 594 g/mol. The second kappa shape index (κ2) is 11.9. The normalized spacial score (nSPS) is 27.6. The van der Waals surface area contributed by atoms with E-state index in [9.17, 15) is 43.5 Å². The summed E-state index contributed by atoms with van der Waals surface area (Å²) in [7, 11) is -16.3. The molecule has 0 amide bonds. The van der Waals surface area contributed by atoms with Crippen LogP contribution in [0.1, 0.15) is 12.8 Å². The first-order valence-electron chi connectivity index (χ1n) is 10.4. The zero-order chi connectivity index (χ0) is 27.6. The van der Waals surface area contributed by atoms with E-state index in [2.05, 4.69) is 28.5 Å². The number of unbranched alkanes of at least 4 members (excludes halogenated alkanes) is 1. The summed E-state index contributed by atoms with van der Waals surface area (Å²) in [5.41, 5.74) is 1.14. The Bertz CT molecular complexity index is 1200. The van der Waals surface area contributed by atoms with Crippen molar-refractivity contribution < 1.29 is 71.6 Å². The molecular formula is C15H25N4O15P3. The van der Waals surface area contributed by atoms with Crippen molar-refractivity contribution in [1.82, 2.24) is 19.5 Å². The number of imidazole rings is 1. The van der Waals surface area contributed by atoms with E-state index in [0.717, 1.165) is 0 Å². The van der Waals surface area contributed by atoms with Gasteiger partial charge in [-0.2, -0.15) is 0 Å². The van der Waals surface area contributed by atoms with E-state index >= 15 is 0 Å². The van der Waals surface area contributed by atoms with Gasteiger partial charge in [-0.1, -0.05) is 0 Å². The number of aromatic nitrogens is 4. The number of aryl methyl sites for hydroxylation is 1. The van der Waals surface area contributed by atoms with Crippen LogP contribution in [0.3, 0.4) is 0 Å². The minimum absolute atomic E-state index is 0.219. The molecule has 1 saturated carbocycles. The van der Waals surface area contributed by atoms with Gasteiger partial charge in [-0.25, -0.2) is 28.6 Å². The summed E-state index contributed by atoms with van der Waals surface area (Å²) >= 11 is 0. The van der Waals surface area contributed by atoms with Crippen molar-refractivity contribution in [2.24, 2.45) is 0 Å². The third kappa shape index (κ3) is 8.63.